The highest BCUT2D eigenvalue weighted by atomic mass is 16.2. The summed E-state index contributed by atoms with van der Waals surface area (Å²) in [5.74, 6) is 0.669. The Morgan fingerprint density at radius 1 is 1.23 bits per heavy atom. The van der Waals surface area contributed by atoms with Crippen LogP contribution in [0.15, 0.2) is 18.2 Å². The quantitative estimate of drug-likeness (QED) is 0.827. The van der Waals surface area contributed by atoms with Crippen LogP contribution in [0.3, 0.4) is 0 Å². The Bertz CT molecular complexity index is 703. The molecule has 6 heteroatoms. The van der Waals surface area contributed by atoms with Crippen LogP contribution in [0.5, 0.6) is 0 Å². The van der Waals surface area contributed by atoms with Crippen LogP contribution in [0.1, 0.15) is 43.0 Å². The molecule has 1 aromatic carbocycles. The predicted octanol–water partition coefficient (Wildman–Crippen LogP) is 1.79. The smallest absolute Gasteiger partial charge is 0.251 e. The molecular formula is C16H22N4O2. The molecule has 0 aliphatic rings. The fraction of sp³-hybridized carbons (Fsp3) is 0.438. The lowest BCUT2D eigenvalue weighted by molar-refractivity contribution is -0.118. The molecular weight excluding hydrogens is 280 g/mol. The number of aryl methyl sites for hydroxylation is 1. The van der Waals surface area contributed by atoms with E-state index in [0.717, 1.165) is 16.9 Å². The van der Waals surface area contributed by atoms with E-state index >= 15 is 0 Å². The Balaban J connectivity index is 2.12. The van der Waals surface area contributed by atoms with Crippen molar-refractivity contribution in [3.05, 3.63) is 29.6 Å². The third-order valence-corrected chi connectivity index (χ3v) is 3.43. The van der Waals surface area contributed by atoms with Crippen molar-refractivity contribution < 1.29 is 9.59 Å². The van der Waals surface area contributed by atoms with Gasteiger partial charge < -0.3 is 15.2 Å². The second-order valence-electron chi connectivity index (χ2n) is 5.57. The lowest BCUT2D eigenvalue weighted by atomic mass is 10.2. The standard InChI is InChI=1S/C16H22N4O2/c1-10(2)20-11(3)19-14-9-13(5-6-15(14)20)16(22)18-8-7-17-12(4)21/h5-6,9-10H,7-8H2,1-4H3,(H,17,21)(H,18,22). The van der Waals surface area contributed by atoms with Crippen LogP contribution >= 0.6 is 0 Å². The number of hydrogen-bond donors (Lipinski definition) is 2. The van der Waals surface area contributed by atoms with Gasteiger partial charge in [0, 0.05) is 31.6 Å². The molecule has 22 heavy (non-hydrogen) atoms. The van der Waals surface area contributed by atoms with E-state index in [2.05, 4.69) is 34.0 Å². The van der Waals surface area contributed by atoms with Gasteiger partial charge in [-0.2, -0.15) is 0 Å². The Kier molecular flexibility index (Phi) is 4.80. The van der Waals surface area contributed by atoms with Gasteiger partial charge in [-0.25, -0.2) is 4.98 Å². The molecule has 0 atom stereocenters. The molecule has 0 saturated carbocycles. The number of amides is 2. The summed E-state index contributed by atoms with van der Waals surface area (Å²) in [5.41, 5.74) is 2.42. The van der Waals surface area contributed by atoms with E-state index in [0.29, 0.717) is 24.7 Å². The molecule has 2 rings (SSSR count). The minimum absolute atomic E-state index is 0.106. The molecule has 1 aromatic heterocycles. The zero-order valence-corrected chi connectivity index (χ0v) is 13.4. The number of fused-ring (bicyclic) bond motifs is 1. The van der Waals surface area contributed by atoms with Crippen molar-refractivity contribution in [1.29, 1.82) is 0 Å². The molecule has 0 saturated heterocycles. The lowest BCUT2D eigenvalue weighted by Crippen LogP contribution is -2.33. The molecule has 0 unspecified atom stereocenters. The van der Waals surface area contributed by atoms with Gasteiger partial charge in [-0.3, -0.25) is 9.59 Å². The number of rotatable bonds is 5. The molecule has 0 bridgehead atoms. The minimum Gasteiger partial charge on any atom is -0.355 e. The summed E-state index contributed by atoms with van der Waals surface area (Å²) in [7, 11) is 0. The van der Waals surface area contributed by atoms with Crippen molar-refractivity contribution in [3.8, 4) is 0 Å². The van der Waals surface area contributed by atoms with Gasteiger partial charge in [0.25, 0.3) is 5.91 Å². The van der Waals surface area contributed by atoms with E-state index in [1.54, 1.807) is 12.1 Å². The van der Waals surface area contributed by atoms with Gasteiger partial charge in [0.15, 0.2) is 0 Å². The Morgan fingerprint density at radius 3 is 2.55 bits per heavy atom. The van der Waals surface area contributed by atoms with E-state index in [4.69, 9.17) is 0 Å². The van der Waals surface area contributed by atoms with Gasteiger partial charge in [-0.1, -0.05) is 0 Å². The molecule has 2 amide bonds. The second kappa shape index (κ2) is 6.60. The fourth-order valence-electron chi connectivity index (χ4n) is 2.53. The summed E-state index contributed by atoms with van der Waals surface area (Å²) in [6, 6.07) is 5.85. The summed E-state index contributed by atoms with van der Waals surface area (Å²) >= 11 is 0. The van der Waals surface area contributed by atoms with E-state index in [1.807, 2.05) is 13.0 Å². The molecule has 0 aliphatic heterocycles. The van der Waals surface area contributed by atoms with Gasteiger partial charge in [-0.15, -0.1) is 0 Å². The molecule has 0 aliphatic carbocycles. The maximum Gasteiger partial charge on any atom is 0.251 e. The first-order valence-electron chi connectivity index (χ1n) is 7.41. The average molecular weight is 302 g/mol. The van der Waals surface area contributed by atoms with Crippen LogP contribution in [0.2, 0.25) is 0 Å². The third kappa shape index (κ3) is 3.44. The number of imidazole rings is 1. The summed E-state index contributed by atoms with van der Waals surface area (Å²) in [5, 5.41) is 5.41. The van der Waals surface area contributed by atoms with E-state index in [9.17, 15) is 9.59 Å². The maximum atomic E-state index is 12.1. The topological polar surface area (TPSA) is 76.0 Å². The Morgan fingerprint density at radius 2 is 1.91 bits per heavy atom. The average Bonchev–Trinajstić information content (AvgIpc) is 2.77. The molecule has 0 radical (unpaired) electrons. The van der Waals surface area contributed by atoms with Crippen molar-refractivity contribution >= 4 is 22.8 Å². The number of nitrogens with one attached hydrogen (secondary N) is 2. The first kappa shape index (κ1) is 16.0. The van der Waals surface area contributed by atoms with Crippen LogP contribution in [0, 0.1) is 6.92 Å². The monoisotopic (exact) mass is 302 g/mol. The van der Waals surface area contributed by atoms with Crippen molar-refractivity contribution in [3.63, 3.8) is 0 Å². The van der Waals surface area contributed by atoms with E-state index in [-0.39, 0.29) is 11.8 Å². The number of benzene rings is 1. The highest BCUT2D eigenvalue weighted by Crippen LogP contribution is 2.21. The fourth-order valence-corrected chi connectivity index (χ4v) is 2.53. The summed E-state index contributed by atoms with van der Waals surface area (Å²) in [6.45, 7) is 8.45. The van der Waals surface area contributed by atoms with E-state index in [1.165, 1.54) is 6.92 Å². The molecule has 0 spiro atoms. The van der Waals surface area contributed by atoms with Crippen LogP contribution in [-0.2, 0) is 4.79 Å². The number of nitrogens with zero attached hydrogens (tertiary/aromatic N) is 2. The zero-order chi connectivity index (χ0) is 16.3. The number of carbonyl (C=O) groups excluding carboxylic acids is 2. The third-order valence-electron chi connectivity index (χ3n) is 3.43. The maximum absolute atomic E-state index is 12.1. The largest absolute Gasteiger partial charge is 0.355 e. The van der Waals surface area contributed by atoms with E-state index < -0.39 is 0 Å². The molecule has 2 N–H and O–H groups in total. The van der Waals surface area contributed by atoms with Gasteiger partial charge >= 0.3 is 0 Å². The molecule has 6 nitrogen and oxygen atoms in total. The van der Waals surface area contributed by atoms with Crippen LogP contribution < -0.4 is 10.6 Å². The van der Waals surface area contributed by atoms with Gasteiger partial charge in [0.05, 0.1) is 11.0 Å². The molecule has 1 heterocycles. The predicted molar refractivity (Wildman–Crippen MR) is 85.9 cm³/mol. The molecule has 0 fully saturated rings. The minimum atomic E-state index is -0.163. The van der Waals surface area contributed by atoms with Crippen LogP contribution in [0.4, 0.5) is 0 Å². The van der Waals surface area contributed by atoms with Crippen LogP contribution in [-0.4, -0.2) is 34.5 Å². The SMILES string of the molecule is CC(=O)NCCNC(=O)c1ccc2c(c1)nc(C)n2C(C)C. The van der Waals surface area contributed by atoms with Crippen molar-refractivity contribution in [2.75, 3.05) is 13.1 Å². The van der Waals surface area contributed by atoms with Crippen molar-refractivity contribution in [2.24, 2.45) is 0 Å². The highest BCUT2D eigenvalue weighted by Gasteiger charge is 2.12. The molecule has 118 valence electrons. The summed E-state index contributed by atoms with van der Waals surface area (Å²) < 4.78 is 2.15. The van der Waals surface area contributed by atoms with Gasteiger partial charge in [0.1, 0.15) is 5.82 Å². The number of hydrogen-bond acceptors (Lipinski definition) is 3. The van der Waals surface area contributed by atoms with Gasteiger partial charge in [-0.05, 0) is 39.0 Å². The van der Waals surface area contributed by atoms with Gasteiger partial charge in [0.2, 0.25) is 5.91 Å². The number of carbonyl (C=O) groups is 2. The summed E-state index contributed by atoms with van der Waals surface area (Å²) in [4.78, 5) is 27.4. The second-order valence-corrected chi connectivity index (χ2v) is 5.57. The molecule has 2 aromatic rings. The van der Waals surface area contributed by atoms with Crippen molar-refractivity contribution in [1.82, 2.24) is 20.2 Å². The highest BCUT2D eigenvalue weighted by molar-refractivity contribution is 5.97. The Hall–Kier alpha value is -2.37. The van der Waals surface area contributed by atoms with Crippen LogP contribution in [0.25, 0.3) is 11.0 Å². The first-order chi connectivity index (χ1) is 10.4. The normalized spacial score (nSPS) is 11.0. The van der Waals surface area contributed by atoms with Crippen molar-refractivity contribution in [2.45, 2.75) is 33.7 Å². The zero-order valence-electron chi connectivity index (χ0n) is 13.4. The first-order valence-corrected chi connectivity index (χ1v) is 7.41. The lowest BCUT2D eigenvalue weighted by Gasteiger charge is -2.11. The summed E-state index contributed by atoms with van der Waals surface area (Å²) in [6.07, 6.45) is 0. The Labute approximate surface area is 129 Å². The number of aromatic nitrogens is 2.